The first-order valence-electron chi connectivity index (χ1n) is 4.89. The largest absolute Gasteiger partial charge is 0.269 e. The minimum Gasteiger partial charge on any atom is -0.258 e. The Morgan fingerprint density at radius 2 is 2.20 bits per heavy atom. The molecule has 0 heterocycles. The van der Waals surface area contributed by atoms with Gasteiger partial charge < -0.3 is 0 Å². The molecule has 1 aromatic carbocycles. The maximum atomic E-state index is 10.5. The van der Waals surface area contributed by atoms with Crippen LogP contribution in [0.5, 0.6) is 0 Å². The minimum atomic E-state index is -0.393. The van der Waals surface area contributed by atoms with E-state index in [9.17, 15) is 10.1 Å². The van der Waals surface area contributed by atoms with Crippen molar-refractivity contribution >= 4 is 5.69 Å². The molecule has 0 aliphatic rings. The summed E-state index contributed by atoms with van der Waals surface area (Å²) >= 11 is 0. The van der Waals surface area contributed by atoms with Crippen molar-refractivity contribution in [3.8, 4) is 11.8 Å². The molecule has 3 heteroatoms. The molecule has 0 N–H and O–H groups in total. The molecule has 0 aliphatic carbocycles. The zero-order chi connectivity index (χ0) is 11.3. The third kappa shape index (κ3) is 3.10. The lowest BCUT2D eigenvalue weighted by atomic mass is 10.1. The van der Waals surface area contributed by atoms with Gasteiger partial charge in [0, 0.05) is 24.1 Å². The Balaban J connectivity index is 2.95. The number of non-ortho nitro benzene ring substituents is 1. The van der Waals surface area contributed by atoms with Gasteiger partial charge in [-0.1, -0.05) is 18.8 Å². The molecule has 0 saturated carbocycles. The Morgan fingerprint density at radius 1 is 1.47 bits per heavy atom. The molecule has 78 valence electrons. The normalized spacial score (nSPS) is 9.20. The molecule has 0 atom stereocenters. The number of nitro groups is 1. The molecular formula is C12H13NO2. The van der Waals surface area contributed by atoms with Gasteiger partial charge in [0.1, 0.15) is 0 Å². The van der Waals surface area contributed by atoms with Crippen LogP contribution in [0.15, 0.2) is 18.2 Å². The number of hydrogen-bond acceptors (Lipinski definition) is 2. The summed E-state index contributed by atoms with van der Waals surface area (Å²) in [4.78, 5) is 10.1. The van der Waals surface area contributed by atoms with Crippen molar-refractivity contribution in [2.24, 2.45) is 0 Å². The Hall–Kier alpha value is -1.82. The zero-order valence-corrected chi connectivity index (χ0v) is 8.91. The highest BCUT2D eigenvalue weighted by molar-refractivity contribution is 5.47. The maximum Gasteiger partial charge on any atom is 0.269 e. The van der Waals surface area contributed by atoms with Crippen molar-refractivity contribution in [2.75, 3.05) is 0 Å². The van der Waals surface area contributed by atoms with Gasteiger partial charge in [-0.2, -0.15) is 0 Å². The SMILES string of the molecule is CCCC#Cc1ccc([N+](=O)[O-])cc1C. The van der Waals surface area contributed by atoms with Gasteiger partial charge in [0.25, 0.3) is 5.69 Å². The van der Waals surface area contributed by atoms with Crippen LogP contribution in [-0.2, 0) is 0 Å². The molecule has 15 heavy (non-hydrogen) atoms. The molecular weight excluding hydrogens is 190 g/mol. The summed E-state index contributed by atoms with van der Waals surface area (Å²) in [7, 11) is 0. The van der Waals surface area contributed by atoms with Crippen LogP contribution in [0.1, 0.15) is 30.9 Å². The van der Waals surface area contributed by atoms with Gasteiger partial charge in [-0.05, 0) is 25.0 Å². The highest BCUT2D eigenvalue weighted by Crippen LogP contribution is 2.16. The summed E-state index contributed by atoms with van der Waals surface area (Å²) in [6.45, 7) is 3.90. The summed E-state index contributed by atoms with van der Waals surface area (Å²) in [6, 6.07) is 4.75. The van der Waals surface area contributed by atoms with E-state index in [4.69, 9.17) is 0 Å². The fourth-order valence-electron chi connectivity index (χ4n) is 1.18. The predicted octanol–water partition coefficient (Wildman–Crippen LogP) is 3.05. The van der Waals surface area contributed by atoms with E-state index in [-0.39, 0.29) is 5.69 Å². The average Bonchev–Trinajstić information content (AvgIpc) is 2.20. The molecule has 0 aliphatic heterocycles. The van der Waals surface area contributed by atoms with E-state index in [1.165, 1.54) is 6.07 Å². The molecule has 0 unspecified atom stereocenters. The molecule has 1 aromatic rings. The third-order valence-electron chi connectivity index (χ3n) is 2.02. The molecule has 0 radical (unpaired) electrons. The first kappa shape index (κ1) is 11.3. The van der Waals surface area contributed by atoms with Gasteiger partial charge >= 0.3 is 0 Å². The van der Waals surface area contributed by atoms with Crippen LogP contribution in [0, 0.1) is 28.9 Å². The lowest BCUT2D eigenvalue weighted by Crippen LogP contribution is -1.90. The molecule has 0 spiro atoms. The third-order valence-corrected chi connectivity index (χ3v) is 2.02. The second-order valence-corrected chi connectivity index (χ2v) is 3.31. The van der Waals surface area contributed by atoms with Crippen molar-refractivity contribution < 1.29 is 4.92 Å². The van der Waals surface area contributed by atoms with Crippen molar-refractivity contribution in [2.45, 2.75) is 26.7 Å². The Labute approximate surface area is 89.3 Å². The monoisotopic (exact) mass is 203 g/mol. The lowest BCUT2D eigenvalue weighted by Gasteiger charge is -1.97. The minimum absolute atomic E-state index is 0.119. The summed E-state index contributed by atoms with van der Waals surface area (Å²) in [5.74, 6) is 6.03. The number of hydrogen-bond donors (Lipinski definition) is 0. The summed E-state index contributed by atoms with van der Waals surface area (Å²) in [5.41, 5.74) is 1.84. The summed E-state index contributed by atoms with van der Waals surface area (Å²) in [6.07, 6.45) is 1.88. The number of nitrogens with zero attached hydrogens (tertiary/aromatic N) is 1. The van der Waals surface area contributed by atoms with Crippen LogP contribution in [0.2, 0.25) is 0 Å². The molecule has 0 bridgehead atoms. The van der Waals surface area contributed by atoms with Crippen LogP contribution in [0.4, 0.5) is 5.69 Å². The molecule has 0 amide bonds. The van der Waals surface area contributed by atoms with Gasteiger partial charge in [-0.3, -0.25) is 10.1 Å². The van der Waals surface area contributed by atoms with E-state index in [1.807, 2.05) is 6.92 Å². The predicted molar refractivity (Wildman–Crippen MR) is 59.6 cm³/mol. The number of unbranched alkanes of at least 4 members (excludes halogenated alkanes) is 1. The number of aryl methyl sites for hydroxylation is 1. The first-order valence-corrected chi connectivity index (χ1v) is 4.89. The van der Waals surface area contributed by atoms with Gasteiger partial charge in [0.15, 0.2) is 0 Å². The number of nitro benzene ring substituents is 1. The van der Waals surface area contributed by atoms with Crippen LogP contribution in [-0.4, -0.2) is 4.92 Å². The van der Waals surface area contributed by atoms with Gasteiger partial charge in [0.2, 0.25) is 0 Å². The molecule has 1 rings (SSSR count). The second-order valence-electron chi connectivity index (χ2n) is 3.31. The van der Waals surface area contributed by atoms with E-state index >= 15 is 0 Å². The van der Waals surface area contributed by atoms with E-state index in [0.29, 0.717) is 0 Å². The Morgan fingerprint density at radius 3 is 2.73 bits per heavy atom. The van der Waals surface area contributed by atoms with Crippen LogP contribution in [0.3, 0.4) is 0 Å². The fourth-order valence-corrected chi connectivity index (χ4v) is 1.18. The highest BCUT2D eigenvalue weighted by atomic mass is 16.6. The quantitative estimate of drug-likeness (QED) is 0.421. The maximum absolute atomic E-state index is 10.5. The summed E-state index contributed by atoms with van der Waals surface area (Å²) < 4.78 is 0. The van der Waals surface area contributed by atoms with Gasteiger partial charge in [0.05, 0.1) is 4.92 Å². The summed E-state index contributed by atoms with van der Waals surface area (Å²) in [5, 5.41) is 10.5. The van der Waals surface area contributed by atoms with E-state index < -0.39 is 4.92 Å². The Bertz CT molecular complexity index is 427. The van der Waals surface area contributed by atoms with E-state index in [0.717, 1.165) is 24.0 Å². The van der Waals surface area contributed by atoms with Crippen LogP contribution in [0.25, 0.3) is 0 Å². The van der Waals surface area contributed by atoms with Crippen molar-refractivity contribution in [3.05, 3.63) is 39.4 Å². The number of benzene rings is 1. The molecule has 0 fully saturated rings. The highest BCUT2D eigenvalue weighted by Gasteiger charge is 2.06. The van der Waals surface area contributed by atoms with E-state index in [2.05, 4.69) is 18.8 Å². The first-order chi connectivity index (χ1) is 7.15. The molecule has 0 aromatic heterocycles. The average molecular weight is 203 g/mol. The van der Waals surface area contributed by atoms with Crippen LogP contribution >= 0.6 is 0 Å². The fraction of sp³-hybridized carbons (Fsp3) is 0.333. The second kappa shape index (κ2) is 5.16. The van der Waals surface area contributed by atoms with Gasteiger partial charge in [-0.25, -0.2) is 0 Å². The van der Waals surface area contributed by atoms with Crippen LogP contribution < -0.4 is 0 Å². The van der Waals surface area contributed by atoms with Crippen molar-refractivity contribution in [1.82, 2.24) is 0 Å². The van der Waals surface area contributed by atoms with Crippen molar-refractivity contribution in [3.63, 3.8) is 0 Å². The van der Waals surface area contributed by atoms with Gasteiger partial charge in [-0.15, -0.1) is 0 Å². The van der Waals surface area contributed by atoms with E-state index in [1.54, 1.807) is 12.1 Å². The zero-order valence-electron chi connectivity index (χ0n) is 8.91. The lowest BCUT2D eigenvalue weighted by molar-refractivity contribution is -0.384. The topological polar surface area (TPSA) is 43.1 Å². The van der Waals surface area contributed by atoms with Crippen molar-refractivity contribution in [1.29, 1.82) is 0 Å². The number of rotatable bonds is 2. The smallest absolute Gasteiger partial charge is 0.258 e. The standard InChI is InChI=1S/C12H13NO2/c1-3-4-5-6-11-7-8-12(13(14)15)9-10(11)2/h7-9H,3-4H2,1-2H3. The molecule has 3 nitrogen and oxygen atoms in total. The molecule has 0 saturated heterocycles. The Kier molecular flexibility index (Phi) is 3.87.